The van der Waals surface area contributed by atoms with E-state index in [1.54, 1.807) is 31.4 Å². The number of benzene rings is 1. The Morgan fingerprint density at radius 3 is 2.53 bits per heavy atom. The van der Waals surface area contributed by atoms with Crippen molar-refractivity contribution in [1.82, 2.24) is 5.32 Å². The first-order valence-electron chi connectivity index (χ1n) is 5.99. The molecule has 6 nitrogen and oxygen atoms in total. The summed E-state index contributed by atoms with van der Waals surface area (Å²) in [5.74, 6) is -0.291. The van der Waals surface area contributed by atoms with Gasteiger partial charge >= 0.3 is 0 Å². The molecule has 0 radical (unpaired) electrons. The van der Waals surface area contributed by atoms with Crippen LogP contribution in [0.25, 0.3) is 0 Å². The van der Waals surface area contributed by atoms with E-state index >= 15 is 0 Å². The average molecular weight is 265 g/mol. The van der Waals surface area contributed by atoms with Crippen LogP contribution in [0.1, 0.15) is 6.92 Å². The van der Waals surface area contributed by atoms with Crippen LogP contribution in [0.2, 0.25) is 0 Å². The molecule has 2 amide bonds. The Morgan fingerprint density at radius 2 is 1.89 bits per heavy atom. The maximum Gasteiger partial charge on any atom is 0.238 e. The van der Waals surface area contributed by atoms with Crippen molar-refractivity contribution in [3.8, 4) is 0 Å². The van der Waals surface area contributed by atoms with Gasteiger partial charge in [-0.3, -0.25) is 9.59 Å². The molecule has 0 saturated heterocycles. The lowest BCUT2D eigenvalue weighted by molar-refractivity contribution is -0.115. The minimum Gasteiger partial charge on any atom is -0.383 e. The van der Waals surface area contributed by atoms with Crippen molar-refractivity contribution in [1.29, 1.82) is 0 Å². The van der Waals surface area contributed by atoms with E-state index in [2.05, 4.69) is 16.0 Å². The maximum atomic E-state index is 11.6. The molecule has 104 valence electrons. The minimum absolute atomic E-state index is 0.143. The fourth-order valence-electron chi connectivity index (χ4n) is 1.46. The Labute approximate surface area is 112 Å². The summed E-state index contributed by atoms with van der Waals surface area (Å²) >= 11 is 0. The second kappa shape index (κ2) is 8.23. The van der Waals surface area contributed by atoms with Crippen LogP contribution in [0.3, 0.4) is 0 Å². The molecule has 0 unspecified atom stereocenters. The number of amides is 2. The third-order valence-electron chi connectivity index (χ3n) is 2.24. The average Bonchev–Trinajstić information content (AvgIpc) is 2.34. The number of methoxy groups -OCH3 is 1. The quantitative estimate of drug-likeness (QED) is 0.638. The smallest absolute Gasteiger partial charge is 0.238 e. The predicted octanol–water partition coefficient (Wildman–Crippen LogP) is 0.819. The zero-order valence-corrected chi connectivity index (χ0v) is 11.2. The largest absolute Gasteiger partial charge is 0.383 e. The molecule has 0 aromatic heterocycles. The third kappa shape index (κ3) is 6.54. The fraction of sp³-hybridized carbons (Fsp3) is 0.385. The van der Waals surface area contributed by atoms with Gasteiger partial charge in [-0.25, -0.2) is 0 Å². The van der Waals surface area contributed by atoms with Gasteiger partial charge in [0.2, 0.25) is 11.8 Å². The summed E-state index contributed by atoms with van der Waals surface area (Å²) in [5, 5.41) is 8.34. The van der Waals surface area contributed by atoms with E-state index in [1.807, 2.05) is 0 Å². The van der Waals surface area contributed by atoms with Gasteiger partial charge in [0.15, 0.2) is 0 Å². The number of carbonyl (C=O) groups excluding carboxylic acids is 2. The fourth-order valence-corrected chi connectivity index (χ4v) is 1.46. The Balaban J connectivity index is 2.43. The Hall–Kier alpha value is -1.92. The molecule has 0 saturated carbocycles. The van der Waals surface area contributed by atoms with E-state index < -0.39 is 0 Å². The van der Waals surface area contributed by atoms with Gasteiger partial charge in [-0.2, -0.15) is 0 Å². The van der Waals surface area contributed by atoms with E-state index in [-0.39, 0.29) is 18.4 Å². The number of hydrogen-bond donors (Lipinski definition) is 3. The Kier molecular flexibility index (Phi) is 6.56. The topological polar surface area (TPSA) is 79.5 Å². The normalized spacial score (nSPS) is 10.0. The van der Waals surface area contributed by atoms with Crippen molar-refractivity contribution < 1.29 is 14.3 Å². The number of hydrogen-bond acceptors (Lipinski definition) is 4. The van der Waals surface area contributed by atoms with Crippen LogP contribution in [-0.2, 0) is 14.3 Å². The highest BCUT2D eigenvalue weighted by Crippen LogP contribution is 2.14. The van der Waals surface area contributed by atoms with Gasteiger partial charge in [0, 0.05) is 32.0 Å². The molecule has 0 aliphatic carbocycles. The molecule has 0 aliphatic heterocycles. The highest BCUT2D eigenvalue weighted by molar-refractivity contribution is 5.94. The molecule has 19 heavy (non-hydrogen) atoms. The molecule has 0 spiro atoms. The zero-order chi connectivity index (χ0) is 14.1. The lowest BCUT2D eigenvalue weighted by Gasteiger charge is -2.08. The van der Waals surface area contributed by atoms with Crippen molar-refractivity contribution in [2.45, 2.75) is 6.92 Å². The first kappa shape index (κ1) is 15.1. The van der Waals surface area contributed by atoms with E-state index in [9.17, 15) is 9.59 Å². The molecule has 0 atom stereocenters. The molecular formula is C13H19N3O3. The SMILES string of the molecule is COCCNCC(=O)Nc1cccc(NC(C)=O)c1. The summed E-state index contributed by atoms with van der Waals surface area (Å²) in [6.07, 6.45) is 0. The monoisotopic (exact) mass is 265 g/mol. The van der Waals surface area contributed by atoms with Crippen LogP contribution in [0.4, 0.5) is 11.4 Å². The standard InChI is InChI=1S/C13H19N3O3/c1-10(17)15-11-4-3-5-12(8-11)16-13(18)9-14-6-7-19-2/h3-5,8,14H,6-7,9H2,1-2H3,(H,15,17)(H,16,18). The number of nitrogens with one attached hydrogen (secondary N) is 3. The maximum absolute atomic E-state index is 11.6. The summed E-state index contributed by atoms with van der Waals surface area (Å²) in [5.41, 5.74) is 1.29. The van der Waals surface area contributed by atoms with Crippen LogP contribution in [0.15, 0.2) is 24.3 Å². The zero-order valence-electron chi connectivity index (χ0n) is 11.2. The first-order valence-corrected chi connectivity index (χ1v) is 5.99. The molecule has 0 aliphatic rings. The lowest BCUT2D eigenvalue weighted by atomic mass is 10.2. The second-order valence-electron chi connectivity index (χ2n) is 3.98. The molecule has 1 aromatic carbocycles. The van der Waals surface area contributed by atoms with Crippen molar-refractivity contribution in [3.63, 3.8) is 0 Å². The summed E-state index contributed by atoms with van der Waals surface area (Å²) < 4.78 is 4.86. The predicted molar refractivity (Wildman–Crippen MR) is 74.1 cm³/mol. The van der Waals surface area contributed by atoms with Crippen LogP contribution in [-0.4, -0.2) is 38.6 Å². The first-order chi connectivity index (χ1) is 9.11. The summed E-state index contributed by atoms with van der Waals surface area (Å²) in [6.45, 7) is 2.83. The minimum atomic E-state index is -0.148. The molecule has 0 fully saturated rings. The molecular weight excluding hydrogens is 246 g/mol. The van der Waals surface area contributed by atoms with Gasteiger partial charge < -0.3 is 20.7 Å². The molecule has 0 heterocycles. The highest BCUT2D eigenvalue weighted by Gasteiger charge is 2.03. The van der Waals surface area contributed by atoms with Crippen molar-refractivity contribution >= 4 is 23.2 Å². The van der Waals surface area contributed by atoms with Crippen LogP contribution in [0.5, 0.6) is 0 Å². The van der Waals surface area contributed by atoms with E-state index in [0.717, 1.165) is 0 Å². The van der Waals surface area contributed by atoms with Crippen LogP contribution < -0.4 is 16.0 Å². The number of rotatable bonds is 7. The highest BCUT2D eigenvalue weighted by atomic mass is 16.5. The summed E-state index contributed by atoms with van der Waals surface area (Å²) in [7, 11) is 1.61. The Morgan fingerprint density at radius 1 is 1.21 bits per heavy atom. The van der Waals surface area contributed by atoms with Gasteiger partial charge in [-0.05, 0) is 18.2 Å². The van der Waals surface area contributed by atoms with E-state index in [1.165, 1.54) is 6.92 Å². The second-order valence-corrected chi connectivity index (χ2v) is 3.98. The summed E-state index contributed by atoms with van der Waals surface area (Å²) in [6, 6.07) is 6.99. The van der Waals surface area contributed by atoms with Crippen molar-refractivity contribution in [2.24, 2.45) is 0 Å². The van der Waals surface area contributed by atoms with Gasteiger partial charge in [-0.15, -0.1) is 0 Å². The summed E-state index contributed by atoms with van der Waals surface area (Å²) in [4.78, 5) is 22.5. The molecule has 3 N–H and O–H groups in total. The Bertz CT molecular complexity index is 435. The lowest BCUT2D eigenvalue weighted by Crippen LogP contribution is -2.30. The number of ether oxygens (including phenoxy) is 1. The van der Waals surface area contributed by atoms with Gasteiger partial charge in [0.05, 0.1) is 13.2 Å². The molecule has 1 aromatic rings. The molecule has 1 rings (SSSR count). The number of anilines is 2. The van der Waals surface area contributed by atoms with Crippen LogP contribution in [0, 0.1) is 0 Å². The van der Waals surface area contributed by atoms with E-state index in [4.69, 9.17) is 4.74 Å². The van der Waals surface area contributed by atoms with Gasteiger partial charge in [-0.1, -0.05) is 6.07 Å². The molecule has 6 heteroatoms. The van der Waals surface area contributed by atoms with Gasteiger partial charge in [0.25, 0.3) is 0 Å². The van der Waals surface area contributed by atoms with Crippen molar-refractivity contribution in [3.05, 3.63) is 24.3 Å². The van der Waals surface area contributed by atoms with E-state index in [0.29, 0.717) is 24.5 Å². The van der Waals surface area contributed by atoms with Gasteiger partial charge in [0.1, 0.15) is 0 Å². The third-order valence-corrected chi connectivity index (χ3v) is 2.24. The number of carbonyl (C=O) groups is 2. The van der Waals surface area contributed by atoms with Crippen LogP contribution >= 0.6 is 0 Å². The molecule has 0 bridgehead atoms. The van der Waals surface area contributed by atoms with Crippen molar-refractivity contribution in [2.75, 3.05) is 37.4 Å².